The number of hydrogen-bond acceptors (Lipinski definition) is 3. The molecule has 1 saturated carbocycles. The molecule has 1 rings (SSSR count). The number of amides is 3. The monoisotopic (exact) mass is 285 g/mol. The molecule has 0 aromatic carbocycles. The lowest BCUT2D eigenvalue weighted by atomic mass is 9.79. The first-order valence-corrected chi connectivity index (χ1v) is 6.87. The van der Waals surface area contributed by atoms with Crippen LogP contribution in [0.3, 0.4) is 0 Å². The molecule has 7 heteroatoms. The smallest absolute Gasteiger partial charge is 0.326 e. The van der Waals surface area contributed by atoms with E-state index in [1.54, 1.807) is 0 Å². The molecule has 5 N–H and O–H groups in total. The molecule has 0 aliphatic heterocycles. The van der Waals surface area contributed by atoms with Gasteiger partial charge in [0.25, 0.3) is 0 Å². The van der Waals surface area contributed by atoms with Crippen LogP contribution >= 0.6 is 0 Å². The highest BCUT2D eigenvalue weighted by Crippen LogP contribution is 2.29. The van der Waals surface area contributed by atoms with Gasteiger partial charge in [-0.1, -0.05) is 13.8 Å². The van der Waals surface area contributed by atoms with Crippen LogP contribution in [-0.2, 0) is 9.59 Å². The van der Waals surface area contributed by atoms with Gasteiger partial charge >= 0.3 is 12.0 Å². The highest BCUT2D eigenvalue weighted by Gasteiger charge is 2.27. The molecule has 0 heterocycles. The molecule has 0 spiro atoms. The van der Waals surface area contributed by atoms with Crippen molar-refractivity contribution in [3.05, 3.63) is 0 Å². The second-order valence-electron chi connectivity index (χ2n) is 5.64. The van der Waals surface area contributed by atoms with Gasteiger partial charge in [-0.25, -0.2) is 9.59 Å². The fraction of sp³-hybridized carbons (Fsp3) is 0.769. The first-order chi connectivity index (χ1) is 9.29. The number of aliphatic carboxylic acids is 1. The first kappa shape index (κ1) is 16.3. The average molecular weight is 285 g/mol. The lowest BCUT2D eigenvalue weighted by molar-refractivity contribution is -0.140. The van der Waals surface area contributed by atoms with Gasteiger partial charge in [-0.3, -0.25) is 4.79 Å². The molecule has 4 unspecified atom stereocenters. The van der Waals surface area contributed by atoms with Crippen molar-refractivity contribution in [1.29, 1.82) is 0 Å². The zero-order valence-electron chi connectivity index (χ0n) is 11.9. The predicted molar refractivity (Wildman–Crippen MR) is 72.9 cm³/mol. The maximum Gasteiger partial charge on any atom is 0.326 e. The van der Waals surface area contributed by atoms with Gasteiger partial charge in [-0.05, 0) is 31.1 Å². The van der Waals surface area contributed by atoms with Crippen LogP contribution < -0.4 is 16.4 Å². The van der Waals surface area contributed by atoms with Crippen LogP contribution in [0.25, 0.3) is 0 Å². The summed E-state index contributed by atoms with van der Waals surface area (Å²) < 4.78 is 0. The summed E-state index contributed by atoms with van der Waals surface area (Å²) in [6, 6.07) is -1.80. The van der Waals surface area contributed by atoms with Crippen LogP contribution in [0.5, 0.6) is 0 Å². The predicted octanol–water partition coefficient (Wildman–Crippen LogP) is 0.439. The number of nitrogens with two attached hydrogens (primary N) is 1. The van der Waals surface area contributed by atoms with Crippen LogP contribution in [0.2, 0.25) is 0 Å². The minimum absolute atomic E-state index is 0.0456. The Morgan fingerprint density at radius 2 is 1.90 bits per heavy atom. The Hall–Kier alpha value is -1.79. The number of carboxylic acid groups (broad SMARTS) is 1. The third kappa shape index (κ3) is 5.07. The fourth-order valence-electron chi connectivity index (χ4n) is 2.47. The molecule has 7 nitrogen and oxygen atoms in total. The van der Waals surface area contributed by atoms with Gasteiger partial charge < -0.3 is 21.5 Å². The zero-order chi connectivity index (χ0) is 15.3. The van der Waals surface area contributed by atoms with Crippen LogP contribution in [0, 0.1) is 11.8 Å². The Bertz CT molecular complexity index is 386. The number of rotatable bonds is 5. The van der Waals surface area contributed by atoms with E-state index in [0.29, 0.717) is 11.8 Å². The molecule has 1 aliphatic rings. The molecular weight excluding hydrogens is 262 g/mol. The molecule has 114 valence electrons. The minimum atomic E-state index is -1.28. The van der Waals surface area contributed by atoms with Crippen LogP contribution in [0.1, 0.15) is 39.5 Å². The fourth-order valence-corrected chi connectivity index (χ4v) is 2.47. The van der Waals surface area contributed by atoms with Gasteiger partial charge in [0.05, 0.1) is 6.42 Å². The SMILES string of the molecule is CC1CCC(NC(=O)NC(CC(N)=O)C(=O)O)CC1C. The van der Waals surface area contributed by atoms with Gasteiger partial charge in [0, 0.05) is 6.04 Å². The maximum absolute atomic E-state index is 11.8. The van der Waals surface area contributed by atoms with E-state index >= 15 is 0 Å². The molecule has 4 atom stereocenters. The standard InChI is InChI=1S/C13H23N3O4/c1-7-3-4-9(5-8(7)2)15-13(20)16-10(12(18)19)6-11(14)17/h7-10H,3-6H2,1-2H3,(H2,14,17)(H,18,19)(H2,15,16,20). The second kappa shape index (κ2) is 7.12. The van der Waals surface area contributed by atoms with Crippen molar-refractivity contribution in [2.45, 2.75) is 51.6 Å². The molecule has 0 aromatic rings. The maximum atomic E-state index is 11.8. The van der Waals surface area contributed by atoms with Crippen molar-refractivity contribution in [3.8, 4) is 0 Å². The van der Waals surface area contributed by atoms with Crippen LogP contribution in [0.15, 0.2) is 0 Å². The van der Waals surface area contributed by atoms with Gasteiger partial charge in [0.15, 0.2) is 0 Å². The third-order valence-corrected chi connectivity index (χ3v) is 3.94. The van der Waals surface area contributed by atoms with E-state index in [1.807, 2.05) is 0 Å². The Balaban J connectivity index is 2.45. The van der Waals surface area contributed by atoms with Gasteiger partial charge in [0.2, 0.25) is 5.91 Å². The van der Waals surface area contributed by atoms with Crippen LogP contribution in [-0.4, -0.2) is 35.1 Å². The van der Waals surface area contributed by atoms with Crippen molar-refractivity contribution < 1.29 is 19.5 Å². The summed E-state index contributed by atoms with van der Waals surface area (Å²) in [4.78, 5) is 33.4. The molecule has 3 amide bonds. The number of hydrogen-bond donors (Lipinski definition) is 4. The largest absolute Gasteiger partial charge is 0.480 e. The van der Waals surface area contributed by atoms with E-state index in [1.165, 1.54) is 0 Å². The molecule has 1 fully saturated rings. The Morgan fingerprint density at radius 1 is 1.25 bits per heavy atom. The summed E-state index contributed by atoms with van der Waals surface area (Å²) in [5.41, 5.74) is 4.95. The van der Waals surface area contributed by atoms with Crippen molar-refractivity contribution >= 4 is 17.9 Å². The number of nitrogens with one attached hydrogen (secondary N) is 2. The quantitative estimate of drug-likeness (QED) is 0.585. The minimum Gasteiger partial charge on any atom is -0.480 e. The summed E-state index contributed by atoms with van der Waals surface area (Å²) in [7, 11) is 0. The van der Waals surface area contributed by atoms with Crippen molar-refractivity contribution in [2.24, 2.45) is 17.6 Å². The molecular formula is C13H23N3O4. The topological polar surface area (TPSA) is 122 Å². The number of primary amides is 1. The Labute approximate surface area is 118 Å². The second-order valence-corrected chi connectivity index (χ2v) is 5.64. The van der Waals surface area contributed by atoms with Crippen molar-refractivity contribution in [2.75, 3.05) is 0 Å². The van der Waals surface area contributed by atoms with E-state index in [9.17, 15) is 14.4 Å². The van der Waals surface area contributed by atoms with Gasteiger partial charge in [0.1, 0.15) is 6.04 Å². The van der Waals surface area contributed by atoms with Crippen molar-refractivity contribution in [3.63, 3.8) is 0 Å². The molecule has 0 saturated heterocycles. The van der Waals surface area contributed by atoms with E-state index in [-0.39, 0.29) is 6.04 Å². The highest BCUT2D eigenvalue weighted by atomic mass is 16.4. The third-order valence-electron chi connectivity index (χ3n) is 3.94. The number of carbonyl (C=O) groups is 3. The zero-order valence-corrected chi connectivity index (χ0v) is 11.9. The molecule has 0 bridgehead atoms. The summed E-state index contributed by atoms with van der Waals surface area (Å²) in [5, 5.41) is 13.9. The summed E-state index contributed by atoms with van der Waals surface area (Å²) in [6.45, 7) is 4.33. The Morgan fingerprint density at radius 3 is 2.40 bits per heavy atom. The summed E-state index contributed by atoms with van der Waals surface area (Å²) >= 11 is 0. The number of carboxylic acids is 1. The number of urea groups is 1. The molecule has 0 aromatic heterocycles. The normalized spacial score (nSPS) is 27.4. The molecule has 0 radical (unpaired) electrons. The molecule has 1 aliphatic carbocycles. The first-order valence-electron chi connectivity index (χ1n) is 6.87. The van der Waals surface area contributed by atoms with Crippen LogP contribution in [0.4, 0.5) is 4.79 Å². The lowest BCUT2D eigenvalue weighted by Crippen LogP contribution is -2.51. The molecule has 20 heavy (non-hydrogen) atoms. The lowest BCUT2D eigenvalue weighted by Gasteiger charge is -2.32. The van der Waals surface area contributed by atoms with E-state index in [0.717, 1.165) is 19.3 Å². The Kier molecular flexibility index (Phi) is 5.79. The van der Waals surface area contributed by atoms with Crippen molar-refractivity contribution in [1.82, 2.24) is 10.6 Å². The van der Waals surface area contributed by atoms with Gasteiger partial charge in [-0.2, -0.15) is 0 Å². The summed E-state index contributed by atoms with van der Waals surface area (Å²) in [5.74, 6) is -0.880. The highest BCUT2D eigenvalue weighted by molar-refractivity contribution is 5.87. The van der Waals surface area contributed by atoms with E-state index in [4.69, 9.17) is 10.8 Å². The van der Waals surface area contributed by atoms with E-state index in [2.05, 4.69) is 24.5 Å². The summed E-state index contributed by atoms with van der Waals surface area (Å²) in [6.07, 6.45) is 2.38. The number of carbonyl (C=O) groups excluding carboxylic acids is 2. The van der Waals surface area contributed by atoms with Gasteiger partial charge in [-0.15, -0.1) is 0 Å². The van der Waals surface area contributed by atoms with E-state index < -0.39 is 30.4 Å². The average Bonchev–Trinajstić information content (AvgIpc) is 2.32.